The molecule has 2 aliphatic heterocycles. The van der Waals surface area contributed by atoms with Gasteiger partial charge in [-0.3, -0.25) is 4.79 Å². The fraction of sp³-hybridized carbons (Fsp3) is 0.900. The maximum atomic E-state index is 11.7. The van der Waals surface area contributed by atoms with Crippen LogP contribution in [0.15, 0.2) is 0 Å². The number of carbonyl (C=O) groups is 2. The number of hydrogen-bond acceptors (Lipinski definition) is 16. The first kappa shape index (κ1) is 32.6. The third kappa shape index (κ3) is 7.31. The molecule has 0 aromatic heterocycles. The Balaban J connectivity index is 2.42. The van der Waals surface area contributed by atoms with Gasteiger partial charge in [0.1, 0.15) is 67.1 Å². The summed E-state index contributed by atoms with van der Waals surface area (Å²) in [4.78, 5) is 23.1. The SMILES string of the molecule is CC(=O)N[C@H]1[C@H](O[C@@H]([C@@H](O[C@@H]2O[C@H](C(=O)O)[C@@H](O)[C@H](O)[C@H]2O)[C@H](O)CO)[C@@H](O)CO)O[C@H](CO)[C@@H](O)[C@@H]1O. The Labute approximate surface area is 215 Å². The van der Waals surface area contributed by atoms with Gasteiger partial charge in [-0.25, -0.2) is 4.79 Å². The van der Waals surface area contributed by atoms with E-state index in [1.807, 2.05) is 0 Å². The van der Waals surface area contributed by atoms with Crippen LogP contribution in [0.4, 0.5) is 0 Å². The van der Waals surface area contributed by atoms with E-state index in [2.05, 4.69) is 5.32 Å². The van der Waals surface area contributed by atoms with Crippen molar-refractivity contribution in [3.63, 3.8) is 0 Å². The van der Waals surface area contributed by atoms with Gasteiger partial charge in [0.25, 0.3) is 0 Å². The highest BCUT2D eigenvalue weighted by Crippen LogP contribution is 2.29. The predicted molar refractivity (Wildman–Crippen MR) is 116 cm³/mol. The minimum atomic E-state index is -2.12. The molecule has 18 heteroatoms. The highest BCUT2D eigenvalue weighted by molar-refractivity contribution is 5.73. The van der Waals surface area contributed by atoms with Gasteiger partial charge in [0, 0.05) is 6.92 Å². The molecule has 2 saturated heterocycles. The monoisotopic (exact) mass is 561 g/mol. The molecule has 0 aliphatic carbocycles. The number of carboxylic acids is 1. The summed E-state index contributed by atoms with van der Waals surface area (Å²) in [5.74, 6) is -2.48. The van der Waals surface area contributed by atoms with E-state index in [1.165, 1.54) is 0 Å². The van der Waals surface area contributed by atoms with Gasteiger partial charge in [-0.05, 0) is 0 Å². The number of hydrogen-bond donors (Lipinski definition) is 12. The predicted octanol–water partition coefficient (Wildman–Crippen LogP) is -7.70. The molecular weight excluding hydrogens is 526 g/mol. The number of aliphatic hydroxyl groups is 10. The summed E-state index contributed by atoms with van der Waals surface area (Å²) in [7, 11) is 0. The van der Waals surface area contributed by atoms with Crippen LogP contribution in [0.2, 0.25) is 0 Å². The lowest BCUT2D eigenvalue weighted by molar-refractivity contribution is -0.341. The summed E-state index contributed by atoms with van der Waals surface area (Å²) in [5.41, 5.74) is 0. The number of carboxylic acid groups (broad SMARTS) is 1. The second-order valence-electron chi connectivity index (χ2n) is 8.87. The van der Waals surface area contributed by atoms with Crippen molar-refractivity contribution in [2.24, 2.45) is 0 Å². The van der Waals surface area contributed by atoms with Crippen molar-refractivity contribution in [1.82, 2.24) is 5.32 Å². The van der Waals surface area contributed by atoms with Gasteiger partial charge < -0.3 is 80.4 Å². The fourth-order valence-corrected chi connectivity index (χ4v) is 4.04. The van der Waals surface area contributed by atoms with Crippen LogP contribution in [0.5, 0.6) is 0 Å². The third-order valence-electron chi connectivity index (χ3n) is 6.10. The molecule has 18 nitrogen and oxygen atoms in total. The molecule has 0 bridgehead atoms. The molecule has 0 unspecified atom stereocenters. The Bertz CT molecular complexity index is 774. The number of aliphatic carboxylic acids is 1. The number of nitrogens with one attached hydrogen (secondary N) is 1. The minimum absolute atomic E-state index is 0.727. The van der Waals surface area contributed by atoms with Gasteiger partial charge in [-0.2, -0.15) is 0 Å². The molecule has 38 heavy (non-hydrogen) atoms. The molecule has 0 radical (unpaired) electrons. The summed E-state index contributed by atoms with van der Waals surface area (Å²) in [6.45, 7) is -1.96. The van der Waals surface area contributed by atoms with E-state index >= 15 is 0 Å². The van der Waals surface area contributed by atoms with Crippen LogP contribution in [-0.2, 0) is 28.5 Å². The number of rotatable bonds is 12. The molecule has 12 N–H and O–H groups in total. The Morgan fingerprint density at radius 1 is 0.789 bits per heavy atom. The Hall–Kier alpha value is -1.62. The largest absolute Gasteiger partial charge is 0.479 e. The van der Waals surface area contributed by atoms with Crippen LogP contribution in [0.25, 0.3) is 0 Å². The molecule has 0 saturated carbocycles. The van der Waals surface area contributed by atoms with Crippen LogP contribution in [0.1, 0.15) is 6.92 Å². The van der Waals surface area contributed by atoms with Gasteiger partial charge in [-0.15, -0.1) is 0 Å². The van der Waals surface area contributed by atoms with Crippen molar-refractivity contribution in [1.29, 1.82) is 0 Å². The van der Waals surface area contributed by atoms with Gasteiger partial charge in [0.15, 0.2) is 18.7 Å². The van der Waals surface area contributed by atoms with Crippen molar-refractivity contribution >= 4 is 11.9 Å². The molecule has 0 aromatic rings. The first-order valence-corrected chi connectivity index (χ1v) is 11.5. The molecule has 0 aromatic carbocycles. The van der Waals surface area contributed by atoms with Crippen LogP contribution in [0.3, 0.4) is 0 Å². The smallest absolute Gasteiger partial charge is 0.335 e. The summed E-state index contributed by atoms with van der Waals surface area (Å²) in [5, 5.41) is 112. The standard InChI is InChI=1S/C20H35NO17/c1-5(25)21-9-11(29)10(28)8(4-24)35-19(9)36-15(6(26)2-22)16(7(27)3-23)37-20-14(32)12(30)13(31)17(38-20)18(33)34/h6-17,19-20,22-24,26-32H,2-4H2,1H3,(H,21,25)(H,33,34)/t6-,7+,8+,9+,10+,11+,12-,13-,14+,15+,16-,17-,19-,20+/m0/s1. The first-order valence-electron chi connectivity index (χ1n) is 11.5. The van der Waals surface area contributed by atoms with Crippen molar-refractivity contribution < 1.29 is 84.7 Å². The zero-order valence-corrected chi connectivity index (χ0v) is 20.1. The molecular formula is C20H35NO17. The van der Waals surface area contributed by atoms with Gasteiger partial charge >= 0.3 is 5.97 Å². The maximum absolute atomic E-state index is 11.7. The molecule has 2 heterocycles. The average molecular weight is 561 g/mol. The zero-order valence-electron chi connectivity index (χ0n) is 20.1. The Morgan fingerprint density at radius 3 is 1.76 bits per heavy atom. The van der Waals surface area contributed by atoms with Crippen molar-refractivity contribution in [2.45, 2.75) is 92.7 Å². The molecule has 2 fully saturated rings. The van der Waals surface area contributed by atoms with Crippen LogP contribution in [0, 0.1) is 0 Å². The third-order valence-corrected chi connectivity index (χ3v) is 6.10. The molecule has 14 atom stereocenters. The van der Waals surface area contributed by atoms with Crippen molar-refractivity contribution in [3.05, 3.63) is 0 Å². The fourth-order valence-electron chi connectivity index (χ4n) is 4.04. The topological polar surface area (TPSA) is 306 Å². The Kier molecular flexibility index (Phi) is 12.1. The minimum Gasteiger partial charge on any atom is -0.479 e. The van der Waals surface area contributed by atoms with Crippen LogP contribution >= 0.6 is 0 Å². The first-order chi connectivity index (χ1) is 17.8. The van der Waals surface area contributed by atoms with E-state index in [9.17, 15) is 65.8 Å². The molecule has 222 valence electrons. The number of ether oxygens (including phenoxy) is 4. The summed E-state index contributed by atoms with van der Waals surface area (Å²) in [6.07, 6.45) is -25.2. The van der Waals surface area contributed by atoms with Crippen LogP contribution < -0.4 is 5.32 Å². The normalized spacial score (nSPS) is 39.1. The molecule has 1 amide bonds. The van der Waals surface area contributed by atoms with Gasteiger partial charge in [-0.1, -0.05) is 0 Å². The summed E-state index contributed by atoms with van der Waals surface area (Å²) in [6, 6.07) is -1.55. The van der Waals surface area contributed by atoms with Crippen LogP contribution in [-0.4, -0.2) is 174 Å². The molecule has 0 spiro atoms. The molecule has 2 rings (SSSR count). The lowest BCUT2D eigenvalue weighted by atomic mass is 9.96. The number of amides is 1. The van der Waals surface area contributed by atoms with E-state index in [1.54, 1.807) is 0 Å². The van der Waals surface area contributed by atoms with E-state index in [4.69, 9.17) is 18.9 Å². The summed E-state index contributed by atoms with van der Waals surface area (Å²) >= 11 is 0. The highest BCUT2D eigenvalue weighted by atomic mass is 16.7. The van der Waals surface area contributed by atoms with E-state index in [-0.39, 0.29) is 0 Å². The van der Waals surface area contributed by atoms with E-state index in [0.29, 0.717) is 0 Å². The average Bonchev–Trinajstić information content (AvgIpc) is 2.88. The quantitative estimate of drug-likeness (QED) is 0.105. The van der Waals surface area contributed by atoms with Gasteiger partial charge in [0.2, 0.25) is 5.91 Å². The lowest BCUT2D eigenvalue weighted by Crippen LogP contribution is -2.67. The number of carbonyl (C=O) groups excluding carboxylic acids is 1. The molecule has 2 aliphatic rings. The summed E-state index contributed by atoms with van der Waals surface area (Å²) < 4.78 is 21.4. The van der Waals surface area contributed by atoms with E-state index in [0.717, 1.165) is 6.92 Å². The zero-order chi connectivity index (χ0) is 28.9. The lowest BCUT2D eigenvalue weighted by Gasteiger charge is -2.46. The number of aliphatic hydroxyl groups excluding tert-OH is 10. The highest BCUT2D eigenvalue weighted by Gasteiger charge is 2.52. The second-order valence-corrected chi connectivity index (χ2v) is 8.87. The Morgan fingerprint density at radius 2 is 1.32 bits per heavy atom. The van der Waals surface area contributed by atoms with Crippen molar-refractivity contribution in [3.8, 4) is 0 Å². The van der Waals surface area contributed by atoms with E-state index < -0.39 is 117 Å². The maximum Gasteiger partial charge on any atom is 0.335 e. The second kappa shape index (κ2) is 14.1. The van der Waals surface area contributed by atoms with Gasteiger partial charge in [0.05, 0.1) is 19.8 Å². The van der Waals surface area contributed by atoms with Crippen molar-refractivity contribution in [2.75, 3.05) is 19.8 Å².